The molecule has 1 aromatic heterocycles. The molecule has 3 rings (SSSR count). The zero-order valence-electron chi connectivity index (χ0n) is 12.5. The van der Waals surface area contributed by atoms with Crippen LogP contribution in [0.2, 0.25) is 0 Å². The molecule has 0 bridgehead atoms. The van der Waals surface area contributed by atoms with Crippen LogP contribution < -0.4 is 10.5 Å². The molecule has 6 heteroatoms. The lowest BCUT2D eigenvalue weighted by atomic mass is 10.1. The number of likely N-dealkylation sites (N-methyl/N-ethyl adjacent to an activating group) is 1. The van der Waals surface area contributed by atoms with Gasteiger partial charge in [-0.3, -0.25) is 9.36 Å². The van der Waals surface area contributed by atoms with Crippen molar-refractivity contribution in [2.45, 2.75) is 19.5 Å². The molecule has 2 heterocycles. The molecule has 114 valence electrons. The van der Waals surface area contributed by atoms with Crippen molar-refractivity contribution in [2.75, 3.05) is 18.6 Å². The summed E-state index contributed by atoms with van der Waals surface area (Å²) in [5.74, 6) is -0.0620. The third-order valence-corrected chi connectivity index (χ3v) is 3.84. The molecule has 1 atom stereocenters. The van der Waals surface area contributed by atoms with E-state index >= 15 is 0 Å². The predicted molar refractivity (Wildman–Crippen MR) is 82.0 cm³/mol. The van der Waals surface area contributed by atoms with Crippen LogP contribution >= 0.6 is 0 Å². The molecule has 0 N–H and O–H groups in total. The van der Waals surface area contributed by atoms with Crippen LogP contribution in [0.25, 0.3) is 0 Å². The third-order valence-electron chi connectivity index (χ3n) is 3.84. The van der Waals surface area contributed by atoms with Gasteiger partial charge in [-0.05, 0) is 12.5 Å². The Kier molecular flexibility index (Phi) is 3.66. The molecule has 0 spiro atoms. The first kappa shape index (κ1) is 14.3. The van der Waals surface area contributed by atoms with Crippen molar-refractivity contribution in [2.24, 2.45) is 0 Å². The summed E-state index contributed by atoms with van der Waals surface area (Å²) in [6, 6.07) is 9.95. The fraction of sp³-hybridized carbons (Fsp3) is 0.312. The number of aromatic nitrogens is 2. The summed E-state index contributed by atoms with van der Waals surface area (Å²) < 4.78 is 6.43. The second-order valence-corrected chi connectivity index (χ2v) is 5.15. The molecule has 1 aromatic carbocycles. The van der Waals surface area contributed by atoms with Gasteiger partial charge in [0.05, 0.1) is 25.4 Å². The predicted octanol–water partition coefficient (Wildman–Crippen LogP) is 1.61. The van der Waals surface area contributed by atoms with Crippen LogP contribution in [0.4, 0.5) is 5.95 Å². The molecule has 2 aromatic rings. The molecule has 0 saturated heterocycles. The first-order valence-electron chi connectivity index (χ1n) is 7.18. The van der Waals surface area contributed by atoms with E-state index in [1.54, 1.807) is 6.92 Å². The highest BCUT2D eigenvalue weighted by atomic mass is 16.5. The smallest absolute Gasteiger partial charge is 0.345 e. The summed E-state index contributed by atoms with van der Waals surface area (Å²) in [6.07, 6.45) is 1.30. The van der Waals surface area contributed by atoms with E-state index in [9.17, 15) is 9.59 Å². The lowest BCUT2D eigenvalue weighted by Gasteiger charge is -2.20. The van der Waals surface area contributed by atoms with Crippen molar-refractivity contribution in [3.8, 4) is 0 Å². The molecule has 1 aliphatic heterocycles. The van der Waals surface area contributed by atoms with E-state index in [0.717, 1.165) is 5.56 Å². The van der Waals surface area contributed by atoms with Gasteiger partial charge in [0, 0.05) is 7.05 Å². The zero-order chi connectivity index (χ0) is 15.7. The van der Waals surface area contributed by atoms with E-state index in [-0.39, 0.29) is 23.8 Å². The van der Waals surface area contributed by atoms with Crippen molar-refractivity contribution in [1.29, 1.82) is 0 Å². The van der Waals surface area contributed by atoms with Crippen LogP contribution in [0, 0.1) is 0 Å². The van der Waals surface area contributed by atoms with Gasteiger partial charge >= 0.3 is 5.97 Å². The van der Waals surface area contributed by atoms with Crippen molar-refractivity contribution < 1.29 is 9.53 Å². The SMILES string of the molecule is CCOC(=O)c1cnc2n(c1=O)CC(c1ccccc1)N2C. The number of benzene rings is 1. The normalized spacial score (nSPS) is 16.5. The summed E-state index contributed by atoms with van der Waals surface area (Å²) >= 11 is 0. The maximum Gasteiger partial charge on any atom is 0.345 e. The number of anilines is 1. The van der Waals surface area contributed by atoms with Gasteiger partial charge in [-0.25, -0.2) is 9.78 Å². The molecule has 1 aliphatic rings. The van der Waals surface area contributed by atoms with E-state index in [1.807, 2.05) is 42.3 Å². The highest BCUT2D eigenvalue weighted by Gasteiger charge is 2.31. The van der Waals surface area contributed by atoms with Gasteiger partial charge in [-0.2, -0.15) is 0 Å². The lowest BCUT2D eigenvalue weighted by molar-refractivity contribution is 0.0523. The quantitative estimate of drug-likeness (QED) is 0.806. The molecule has 1 unspecified atom stereocenters. The largest absolute Gasteiger partial charge is 0.462 e. The maximum atomic E-state index is 12.5. The second kappa shape index (κ2) is 5.63. The molecular weight excluding hydrogens is 282 g/mol. The Morgan fingerprint density at radius 3 is 2.77 bits per heavy atom. The van der Waals surface area contributed by atoms with E-state index < -0.39 is 5.97 Å². The molecule has 6 nitrogen and oxygen atoms in total. The van der Waals surface area contributed by atoms with Gasteiger partial charge < -0.3 is 9.64 Å². The number of rotatable bonds is 3. The Labute approximate surface area is 128 Å². The fourth-order valence-corrected chi connectivity index (χ4v) is 2.72. The van der Waals surface area contributed by atoms with Gasteiger partial charge in [0.15, 0.2) is 0 Å². The van der Waals surface area contributed by atoms with Crippen LogP contribution in [0.15, 0.2) is 41.3 Å². The number of fused-ring (bicyclic) bond motifs is 1. The fourth-order valence-electron chi connectivity index (χ4n) is 2.72. The van der Waals surface area contributed by atoms with Crippen LogP contribution in [0.3, 0.4) is 0 Å². The summed E-state index contributed by atoms with van der Waals surface area (Å²) in [7, 11) is 1.90. The molecule has 0 fully saturated rings. The number of nitrogens with zero attached hydrogens (tertiary/aromatic N) is 3. The van der Waals surface area contributed by atoms with Crippen molar-refractivity contribution in [3.63, 3.8) is 0 Å². The van der Waals surface area contributed by atoms with E-state index in [2.05, 4.69) is 4.98 Å². The zero-order valence-corrected chi connectivity index (χ0v) is 12.5. The van der Waals surface area contributed by atoms with E-state index in [1.165, 1.54) is 10.8 Å². The van der Waals surface area contributed by atoms with Crippen LogP contribution in [0.5, 0.6) is 0 Å². The molecule has 0 saturated carbocycles. The van der Waals surface area contributed by atoms with E-state index in [0.29, 0.717) is 12.5 Å². The lowest BCUT2D eigenvalue weighted by Crippen LogP contribution is -2.27. The number of hydrogen-bond acceptors (Lipinski definition) is 5. The first-order valence-corrected chi connectivity index (χ1v) is 7.18. The Morgan fingerprint density at radius 1 is 1.36 bits per heavy atom. The number of carbonyl (C=O) groups is 1. The Hall–Kier alpha value is -2.63. The van der Waals surface area contributed by atoms with Crippen molar-refractivity contribution in [1.82, 2.24) is 9.55 Å². The molecular formula is C16H17N3O3. The van der Waals surface area contributed by atoms with Gasteiger partial charge in [0.25, 0.3) is 5.56 Å². The highest BCUT2D eigenvalue weighted by Crippen LogP contribution is 2.31. The topological polar surface area (TPSA) is 64.4 Å². The molecule has 0 amide bonds. The third kappa shape index (κ3) is 2.26. The molecule has 0 radical (unpaired) electrons. The molecule has 0 aliphatic carbocycles. The van der Waals surface area contributed by atoms with Crippen LogP contribution in [0.1, 0.15) is 28.9 Å². The molecule has 22 heavy (non-hydrogen) atoms. The number of hydrogen-bond donors (Lipinski definition) is 0. The summed E-state index contributed by atoms with van der Waals surface area (Å²) in [4.78, 5) is 30.5. The highest BCUT2D eigenvalue weighted by molar-refractivity contribution is 5.88. The second-order valence-electron chi connectivity index (χ2n) is 5.15. The summed E-state index contributed by atoms with van der Waals surface area (Å²) in [6.45, 7) is 2.40. The minimum absolute atomic E-state index is 0.0206. The average Bonchev–Trinajstić information content (AvgIpc) is 2.87. The van der Waals surface area contributed by atoms with E-state index in [4.69, 9.17) is 4.74 Å². The van der Waals surface area contributed by atoms with Gasteiger partial charge in [-0.1, -0.05) is 30.3 Å². The standard InChI is InChI=1S/C16H17N3O3/c1-3-22-15(21)12-9-17-16-18(2)13(10-19(16)14(12)20)11-7-5-4-6-8-11/h4-9,13H,3,10H2,1-2H3. The number of ether oxygens (including phenoxy) is 1. The monoisotopic (exact) mass is 299 g/mol. The maximum absolute atomic E-state index is 12.5. The average molecular weight is 299 g/mol. The minimum atomic E-state index is -0.624. The van der Waals surface area contributed by atoms with Gasteiger partial charge in [-0.15, -0.1) is 0 Å². The van der Waals surface area contributed by atoms with Gasteiger partial charge in [0.1, 0.15) is 5.56 Å². The number of esters is 1. The van der Waals surface area contributed by atoms with Gasteiger partial charge in [0.2, 0.25) is 5.95 Å². The minimum Gasteiger partial charge on any atom is -0.462 e. The Balaban J connectivity index is 1.99. The number of carbonyl (C=O) groups excluding carboxylic acids is 1. The Bertz CT molecular complexity index is 755. The van der Waals surface area contributed by atoms with Crippen LogP contribution in [-0.2, 0) is 11.3 Å². The Morgan fingerprint density at radius 2 is 2.09 bits per heavy atom. The van der Waals surface area contributed by atoms with Crippen molar-refractivity contribution in [3.05, 3.63) is 58.0 Å². The van der Waals surface area contributed by atoms with Crippen molar-refractivity contribution >= 4 is 11.9 Å². The summed E-state index contributed by atoms with van der Waals surface area (Å²) in [5, 5.41) is 0. The summed E-state index contributed by atoms with van der Waals surface area (Å²) in [5.41, 5.74) is 0.731. The van der Waals surface area contributed by atoms with Crippen LogP contribution in [-0.4, -0.2) is 29.2 Å². The first-order chi connectivity index (χ1) is 10.6.